The zero-order valence-corrected chi connectivity index (χ0v) is 11.8. The van der Waals surface area contributed by atoms with Crippen LogP contribution in [0, 0.1) is 0 Å². The minimum absolute atomic E-state index is 0.235. The molecule has 0 amide bonds. The van der Waals surface area contributed by atoms with Gasteiger partial charge in [-0.15, -0.1) is 0 Å². The zero-order chi connectivity index (χ0) is 15.1. The molecule has 21 heavy (non-hydrogen) atoms. The summed E-state index contributed by atoms with van der Waals surface area (Å²) in [6.45, 7) is 0. The first kappa shape index (κ1) is 14.6. The normalized spacial score (nSPS) is 10.9. The Balaban J connectivity index is 2.40. The van der Waals surface area contributed by atoms with Crippen LogP contribution in [0.15, 0.2) is 54.9 Å². The third kappa shape index (κ3) is 3.60. The lowest BCUT2D eigenvalue weighted by molar-refractivity contribution is -0.133. The lowest BCUT2D eigenvalue weighted by atomic mass is 10.1. The molecule has 0 radical (unpaired) electrons. The fourth-order valence-corrected chi connectivity index (χ4v) is 1.73. The quantitative estimate of drug-likeness (QED) is 0.480. The van der Waals surface area contributed by atoms with E-state index in [1.807, 2.05) is 18.2 Å². The van der Waals surface area contributed by atoms with Gasteiger partial charge < -0.3 is 14.2 Å². The topological polar surface area (TPSA) is 57.7 Å². The van der Waals surface area contributed by atoms with Crippen molar-refractivity contribution >= 4 is 11.5 Å². The van der Waals surface area contributed by atoms with Gasteiger partial charge in [0.15, 0.2) is 0 Å². The molecule has 5 heteroatoms. The van der Waals surface area contributed by atoms with Gasteiger partial charge >= 0.3 is 5.97 Å². The number of carbonyl (C=O) groups excluding carboxylic acids is 1. The van der Waals surface area contributed by atoms with Gasteiger partial charge in [0.05, 0.1) is 26.0 Å². The van der Waals surface area contributed by atoms with Gasteiger partial charge in [-0.2, -0.15) is 0 Å². The van der Waals surface area contributed by atoms with E-state index in [0.717, 1.165) is 0 Å². The average Bonchev–Trinajstić information content (AvgIpc) is 2.54. The van der Waals surface area contributed by atoms with Crippen LogP contribution in [0.3, 0.4) is 0 Å². The molecule has 1 aromatic heterocycles. The van der Waals surface area contributed by atoms with Crippen LogP contribution in [-0.4, -0.2) is 25.2 Å². The molecule has 0 bridgehead atoms. The van der Waals surface area contributed by atoms with E-state index in [9.17, 15) is 4.79 Å². The molecule has 0 spiro atoms. The number of methoxy groups -OCH3 is 2. The number of esters is 1. The number of hydrogen-bond acceptors (Lipinski definition) is 5. The van der Waals surface area contributed by atoms with Crippen molar-refractivity contribution in [2.45, 2.75) is 0 Å². The SMILES string of the molecule is CO/C=C(/C(=O)OC)c1cccnc1Oc1ccccc1. The molecule has 5 nitrogen and oxygen atoms in total. The molecule has 0 aliphatic rings. The third-order valence-electron chi connectivity index (χ3n) is 2.66. The van der Waals surface area contributed by atoms with Gasteiger partial charge in [-0.3, -0.25) is 0 Å². The zero-order valence-electron chi connectivity index (χ0n) is 11.8. The Labute approximate surface area is 122 Å². The van der Waals surface area contributed by atoms with E-state index < -0.39 is 5.97 Å². The highest BCUT2D eigenvalue weighted by Gasteiger charge is 2.18. The molecule has 0 fully saturated rings. The lowest BCUT2D eigenvalue weighted by Crippen LogP contribution is -2.06. The maximum absolute atomic E-state index is 11.9. The molecule has 2 aromatic rings. The molecule has 0 N–H and O–H groups in total. The van der Waals surface area contributed by atoms with Gasteiger partial charge in [0.25, 0.3) is 0 Å². The van der Waals surface area contributed by atoms with E-state index >= 15 is 0 Å². The summed E-state index contributed by atoms with van der Waals surface area (Å²) in [5.41, 5.74) is 0.731. The number of ether oxygens (including phenoxy) is 3. The van der Waals surface area contributed by atoms with Crippen molar-refractivity contribution in [3.05, 3.63) is 60.5 Å². The molecule has 1 heterocycles. The van der Waals surface area contributed by atoms with Crippen LogP contribution in [0.25, 0.3) is 5.57 Å². The summed E-state index contributed by atoms with van der Waals surface area (Å²) in [6.07, 6.45) is 2.89. The molecule has 1 aromatic carbocycles. The molecule has 2 rings (SSSR count). The van der Waals surface area contributed by atoms with Gasteiger partial charge in [-0.05, 0) is 24.3 Å². The first-order valence-electron chi connectivity index (χ1n) is 6.26. The fraction of sp³-hybridized carbons (Fsp3) is 0.125. The predicted octanol–water partition coefficient (Wildman–Crippen LogP) is 3.03. The Morgan fingerprint density at radius 1 is 1.10 bits per heavy atom. The summed E-state index contributed by atoms with van der Waals surface area (Å²) in [5.74, 6) is 0.402. The Morgan fingerprint density at radius 3 is 2.52 bits per heavy atom. The van der Waals surface area contributed by atoms with Crippen molar-refractivity contribution in [3.8, 4) is 11.6 Å². The monoisotopic (exact) mass is 285 g/mol. The maximum Gasteiger partial charge on any atom is 0.341 e. The maximum atomic E-state index is 11.9. The first-order valence-corrected chi connectivity index (χ1v) is 6.26. The summed E-state index contributed by atoms with van der Waals surface area (Å²) in [4.78, 5) is 16.0. The molecule has 0 saturated heterocycles. The van der Waals surface area contributed by atoms with Gasteiger partial charge in [0.1, 0.15) is 11.3 Å². The standard InChI is InChI=1S/C16H15NO4/c1-19-11-14(16(18)20-2)13-9-6-10-17-15(13)21-12-7-4-3-5-8-12/h3-11H,1-2H3/b14-11+. The second-order valence-corrected chi connectivity index (χ2v) is 4.03. The second kappa shape index (κ2) is 7.09. The number of carbonyl (C=O) groups is 1. The molecule has 0 aliphatic heterocycles. The van der Waals surface area contributed by atoms with Crippen LogP contribution in [0.4, 0.5) is 0 Å². The number of hydrogen-bond donors (Lipinski definition) is 0. The number of benzene rings is 1. The van der Waals surface area contributed by atoms with Crippen molar-refractivity contribution < 1.29 is 19.0 Å². The van der Waals surface area contributed by atoms with Crippen molar-refractivity contribution in [2.24, 2.45) is 0 Å². The lowest BCUT2D eigenvalue weighted by Gasteiger charge is -2.11. The number of rotatable bonds is 5. The fourth-order valence-electron chi connectivity index (χ4n) is 1.73. The minimum atomic E-state index is -0.525. The van der Waals surface area contributed by atoms with Gasteiger partial charge in [0, 0.05) is 6.20 Å². The Bertz CT molecular complexity index is 638. The van der Waals surface area contributed by atoms with Crippen LogP contribution < -0.4 is 4.74 Å². The summed E-state index contributed by atoms with van der Waals surface area (Å²) in [7, 11) is 2.76. The smallest absolute Gasteiger partial charge is 0.341 e. The van der Waals surface area contributed by atoms with Crippen LogP contribution in [0.1, 0.15) is 5.56 Å². The number of nitrogens with zero attached hydrogens (tertiary/aromatic N) is 1. The molecule has 0 saturated carbocycles. The van der Waals surface area contributed by atoms with Crippen LogP contribution in [0.5, 0.6) is 11.6 Å². The number of aromatic nitrogens is 1. The van der Waals surface area contributed by atoms with E-state index in [2.05, 4.69) is 4.98 Å². The summed E-state index contributed by atoms with van der Waals surface area (Å²) in [6, 6.07) is 12.6. The van der Waals surface area contributed by atoms with E-state index in [1.54, 1.807) is 30.5 Å². The van der Waals surface area contributed by atoms with E-state index in [0.29, 0.717) is 17.2 Å². The molecular formula is C16H15NO4. The number of para-hydroxylation sites is 1. The summed E-state index contributed by atoms with van der Waals surface area (Å²) < 4.78 is 15.4. The second-order valence-electron chi connectivity index (χ2n) is 4.03. The van der Waals surface area contributed by atoms with Gasteiger partial charge in [-0.1, -0.05) is 18.2 Å². The van der Waals surface area contributed by atoms with Gasteiger partial charge in [0.2, 0.25) is 5.88 Å². The molecule has 0 aliphatic carbocycles. The molecular weight excluding hydrogens is 270 g/mol. The summed E-state index contributed by atoms with van der Waals surface area (Å²) in [5, 5.41) is 0. The van der Waals surface area contributed by atoms with Crippen LogP contribution >= 0.6 is 0 Å². The van der Waals surface area contributed by atoms with Crippen molar-refractivity contribution in [2.75, 3.05) is 14.2 Å². The molecule has 0 unspecified atom stereocenters. The Hall–Kier alpha value is -2.82. The van der Waals surface area contributed by atoms with E-state index in [1.165, 1.54) is 20.5 Å². The largest absolute Gasteiger partial charge is 0.503 e. The van der Waals surface area contributed by atoms with E-state index in [-0.39, 0.29) is 5.57 Å². The third-order valence-corrected chi connectivity index (χ3v) is 2.66. The van der Waals surface area contributed by atoms with Gasteiger partial charge in [-0.25, -0.2) is 9.78 Å². The average molecular weight is 285 g/mol. The first-order chi connectivity index (χ1) is 10.3. The molecule has 0 atom stereocenters. The minimum Gasteiger partial charge on any atom is -0.503 e. The van der Waals surface area contributed by atoms with Crippen molar-refractivity contribution in [3.63, 3.8) is 0 Å². The predicted molar refractivity (Wildman–Crippen MR) is 77.8 cm³/mol. The Kier molecular flexibility index (Phi) is 4.93. The van der Waals surface area contributed by atoms with Crippen molar-refractivity contribution in [1.82, 2.24) is 4.98 Å². The number of pyridine rings is 1. The highest BCUT2D eigenvalue weighted by atomic mass is 16.5. The highest BCUT2D eigenvalue weighted by molar-refractivity contribution is 6.16. The summed E-state index contributed by atoms with van der Waals surface area (Å²) >= 11 is 0. The Morgan fingerprint density at radius 2 is 1.86 bits per heavy atom. The highest BCUT2D eigenvalue weighted by Crippen LogP contribution is 2.28. The van der Waals surface area contributed by atoms with E-state index in [4.69, 9.17) is 14.2 Å². The van der Waals surface area contributed by atoms with Crippen LogP contribution in [0.2, 0.25) is 0 Å². The van der Waals surface area contributed by atoms with Crippen LogP contribution in [-0.2, 0) is 14.3 Å². The molecule has 108 valence electrons. The van der Waals surface area contributed by atoms with Crippen molar-refractivity contribution in [1.29, 1.82) is 0 Å².